The fourth-order valence-corrected chi connectivity index (χ4v) is 1.74. The summed E-state index contributed by atoms with van der Waals surface area (Å²) in [5.74, 6) is -0.419. The van der Waals surface area contributed by atoms with Gasteiger partial charge in [-0.25, -0.2) is 9.69 Å². The molecule has 0 aliphatic rings. The number of benzene rings is 1. The van der Waals surface area contributed by atoms with Crippen molar-refractivity contribution >= 4 is 40.8 Å². The van der Waals surface area contributed by atoms with E-state index in [-0.39, 0.29) is 0 Å². The molecule has 0 saturated carbocycles. The Kier molecular flexibility index (Phi) is 4.15. The first-order valence-corrected chi connectivity index (χ1v) is 5.20. The van der Waals surface area contributed by atoms with Crippen molar-refractivity contribution in [1.29, 1.82) is 0 Å². The quantitative estimate of drug-likeness (QED) is 0.844. The number of nitrogens with one attached hydrogen (secondary N) is 1. The maximum Gasteiger partial charge on any atom is 0.328 e. The Morgan fingerprint density at radius 3 is 2.06 bits per heavy atom. The minimum atomic E-state index is -0.536. The number of hydrogen-bond acceptors (Lipinski definition) is 2. The Hall–Kier alpha value is -1.26. The van der Waals surface area contributed by atoms with Gasteiger partial charge in [0.25, 0.3) is 0 Å². The van der Waals surface area contributed by atoms with Crippen molar-refractivity contribution in [2.24, 2.45) is 0 Å². The summed E-state index contributed by atoms with van der Waals surface area (Å²) in [5.41, 5.74) is 0.337. The molecule has 6 heteroatoms. The van der Waals surface area contributed by atoms with Crippen LogP contribution in [0.15, 0.2) is 18.2 Å². The van der Waals surface area contributed by atoms with E-state index >= 15 is 0 Å². The topological polar surface area (TPSA) is 49.4 Å². The number of imide groups is 1. The van der Waals surface area contributed by atoms with Gasteiger partial charge in [-0.2, -0.15) is 0 Å². The summed E-state index contributed by atoms with van der Waals surface area (Å²) in [5, 5.41) is 3.08. The molecule has 3 amide bonds. The van der Waals surface area contributed by atoms with Gasteiger partial charge < -0.3 is 5.32 Å². The third-order valence-corrected chi connectivity index (χ3v) is 2.27. The maximum absolute atomic E-state index is 11.5. The molecule has 86 valence electrons. The van der Waals surface area contributed by atoms with Gasteiger partial charge in [0.2, 0.25) is 5.91 Å². The van der Waals surface area contributed by atoms with Crippen LogP contribution in [0.2, 0.25) is 10.0 Å². The predicted molar refractivity (Wildman–Crippen MR) is 64.1 cm³/mol. The molecule has 0 bridgehead atoms. The highest BCUT2D eigenvalue weighted by molar-refractivity contribution is 6.35. The van der Waals surface area contributed by atoms with Gasteiger partial charge in [0.1, 0.15) is 0 Å². The fourth-order valence-electron chi connectivity index (χ4n) is 1.22. The zero-order valence-electron chi connectivity index (χ0n) is 8.75. The molecule has 16 heavy (non-hydrogen) atoms. The lowest BCUT2D eigenvalue weighted by Gasteiger charge is -2.18. The van der Waals surface area contributed by atoms with Crippen LogP contribution in [0.5, 0.6) is 0 Å². The standard InChI is InChI=1S/C10H10Cl2N2O2/c1-6(15)14(10(16)13-2)9-4-7(11)3-8(12)5-9/h3-5H,1-2H3,(H,13,16). The van der Waals surface area contributed by atoms with Gasteiger partial charge in [-0.1, -0.05) is 23.2 Å². The molecule has 0 atom stereocenters. The van der Waals surface area contributed by atoms with Gasteiger partial charge in [-0.15, -0.1) is 0 Å². The van der Waals surface area contributed by atoms with Gasteiger partial charge in [0.15, 0.2) is 0 Å². The highest BCUT2D eigenvalue weighted by Crippen LogP contribution is 2.25. The average Bonchev–Trinajstić information content (AvgIpc) is 2.15. The Morgan fingerprint density at radius 1 is 1.19 bits per heavy atom. The molecule has 0 heterocycles. The Morgan fingerprint density at radius 2 is 1.69 bits per heavy atom. The van der Waals surface area contributed by atoms with Crippen LogP contribution in [0, 0.1) is 0 Å². The van der Waals surface area contributed by atoms with Crippen LogP contribution in [-0.4, -0.2) is 19.0 Å². The SMILES string of the molecule is CNC(=O)N(C(C)=O)c1cc(Cl)cc(Cl)c1. The average molecular weight is 261 g/mol. The lowest BCUT2D eigenvalue weighted by Crippen LogP contribution is -2.41. The van der Waals surface area contributed by atoms with E-state index in [4.69, 9.17) is 23.2 Å². The van der Waals surface area contributed by atoms with Crippen molar-refractivity contribution in [3.05, 3.63) is 28.2 Å². The van der Waals surface area contributed by atoms with E-state index in [0.717, 1.165) is 4.90 Å². The molecule has 1 aromatic carbocycles. The summed E-state index contributed by atoms with van der Waals surface area (Å²) in [4.78, 5) is 23.8. The molecule has 0 spiro atoms. The first-order chi connectivity index (χ1) is 7.45. The molecule has 0 aliphatic heterocycles. The van der Waals surface area contributed by atoms with Crippen molar-refractivity contribution < 1.29 is 9.59 Å². The van der Waals surface area contributed by atoms with Crippen LogP contribution >= 0.6 is 23.2 Å². The van der Waals surface area contributed by atoms with E-state index in [1.165, 1.54) is 32.2 Å². The van der Waals surface area contributed by atoms with Crippen LogP contribution in [0.3, 0.4) is 0 Å². The van der Waals surface area contributed by atoms with Gasteiger partial charge in [0, 0.05) is 24.0 Å². The lowest BCUT2D eigenvalue weighted by atomic mass is 10.3. The zero-order chi connectivity index (χ0) is 12.3. The van der Waals surface area contributed by atoms with E-state index in [1.807, 2.05) is 0 Å². The number of anilines is 1. The second-order valence-corrected chi connectivity index (χ2v) is 3.91. The van der Waals surface area contributed by atoms with Gasteiger partial charge in [-0.3, -0.25) is 4.79 Å². The van der Waals surface area contributed by atoms with E-state index in [9.17, 15) is 9.59 Å². The normalized spacial score (nSPS) is 9.75. The number of urea groups is 1. The van der Waals surface area contributed by atoms with Crippen LogP contribution in [0.25, 0.3) is 0 Å². The van der Waals surface area contributed by atoms with Crippen molar-refractivity contribution in [1.82, 2.24) is 5.32 Å². The third-order valence-electron chi connectivity index (χ3n) is 1.84. The molecule has 0 unspecified atom stereocenters. The van der Waals surface area contributed by atoms with Crippen LogP contribution < -0.4 is 10.2 Å². The molecule has 0 radical (unpaired) electrons. The smallest absolute Gasteiger partial charge is 0.328 e. The summed E-state index contributed by atoms with van der Waals surface area (Å²) in [6, 6.07) is 3.97. The Balaban J connectivity index is 3.21. The Labute approximate surface area is 103 Å². The second kappa shape index (κ2) is 5.18. The highest BCUT2D eigenvalue weighted by Gasteiger charge is 2.19. The van der Waals surface area contributed by atoms with E-state index in [1.54, 1.807) is 0 Å². The molecule has 0 fully saturated rings. The first kappa shape index (κ1) is 12.8. The van der Waals surface area contributed by atoms with E-state index < -0.39 is 11.9 Å². The summed E-state index contributed by atoms with van der Waals surface area (Å²) in [6.07, 6.45) is 0. The van der Waals surface area contributed by atoms with Crippen molar-refractivity contribution in [2.75, 3.05) is 11.9 Å². The molecule has 4 nitrogen and oxygen atoms in total. The third kappa shape index (κ3) is 2.87. The molecule has 1 aromatic rings. The highest BCUT2D eigenvalue weighted by atomic mass is 35.5. The van der Waals surface area contributed by atoms with Crippen LogP contribution in [0.1, 0.15) is 6.92 Å². The number of carbonyl (C=O) groups excluding carboxylic acids is 2. The van der Waals surface area contributed by atoms with Crippen molar-refractivity contribution in [2.45, 2.75) is 6.92 Å². The number of nitrogens with zero attached hydrogens (tertiary/aromatic N) is 1. The zero-order valence-corrected chi connectivity index (χ0v) is 10.3. The molecule has 1 N–H and O–H groups in total. The Bertz CT molecular complexity index is 415. The van der Waals surface area contributed by atoms with Crippen LogP contribution in [-0.2, 0) is 4.79 Å². The summed E-state index contributed by atoms with van der Waals surface area (Å²) < 4.78 is 0. The first-order valence-electron chi connectivity index (χ1n) is 4.44. The minimum absolute atomic E-state index is 0.337. The maximum atomic E-state index is 11.5. The largest absolute Gasteiger partial charge is 0.340 e. The number of rotatable bonds is 1. The van der Waals surface area contributed by atoms with Gasteiger partial charge >= 0.3 is 6.03 Å². The van der Waals surface area contributed by atoms with E-state index in [2.05, 4.69) is 5.32 Å². The predicted octanol–water partition coefficient (Wildman–Crippen LogP) is 2.69. The molecular weight excluding hydrogens is 251 g/mol. The number of carbonyl (C=O) groups is 2. The van der Waals surface area contributed by atoms with Crippen molar-refractivity contribution in [3.63, 3.8) is 0 Å². The second-order valence-electron chi connectivity index (χ2n) is 3.04. The van der Waals surface area contributed by atoms with Gasteiger partial charge in [0.05, 0.1) is 5.69 Å². The fraction of sp³-hybridized carbons (Fsp3) is 0.200. The number of amides is 3. The molecule has 0 aromatic heterocycles. The monoisotopic (exact) mass is 260 g/mol. The lowest BCUT2D eigenvalue weighted by molar-refractivity contribution is -0.115. The molecule has 0 saturated heterocycles. The molecular formula is C10H10Cl2N2O2. The number of halogens is 2. The summed E-state index contributed by atoms with van der Waals surface area (Å²) in [7, 11) is 1.43. The molecule has 1 rings (SSSR count). The minimum Gasteiger partial charge on any atom is -0.340 e. The van der Waals surface area contributed by atoms with Gasteiger partial charge in [-0.05, 0) is 18.2 Å². The number of hydrogen-bond donors (Lipinski definition) is 1. The van der Waals surface area contributed by atoms with E-state index in [0.29, 0.717) is 15.7 Å². The molecule has 0 aliphatic carbocycles. The van der Waals surface area contributed by atoms with Crippen LogP contribution in [0.4, 0.5) is 10.5 Å². The summed E-state index contributed by atoms with van der Waals surface area (Å²) in [6.45, 7) is 1.28. The van der Waals surface area contributed by atoms with Crippen molar-refractivity contribution in [3.8, 4) is 0 Å². The summed E-state index contributed by atoms with van der Waals surface area (Å²) >= 11 is 11.6.